The van der Waals surface area contributed by atoms with Crippen LogP contribution in [0, 0.1) is 20.8 Å². The lowest BCUT2D eigenvalue weighted by Gasteiger charge is -2.36. The number of aryl methyl sites for hydroxylation is 3. The van der Waals surface area contributed by atoms with E-state index in [0.717, 1.165) is 46.7 Å². The standard InChI is InChI=1S/C28H31N3O3/c1-20-4-6-23(7-5-20)28(33)31-14-12-30(13-15-31)25-10-8-24(9-11-25)29-27(32)19-34-26-17-21(2)16-22(3)18-26/h4-11,16-18H,12-15,19H2,1-3H3,(H,29,32). The highest BCUT2D eigenvalue weighted by Crippen LogP contribution is 2.21. The number of carbonyl (C=O) groups is 2. The highest BCUT2D eigenvalue weighted by molar-refractivity contribution is 5.94. The average Bonchev–Trinajstić information content (AvgIpc) is 2.83. The number of hydrogen-bond acceptors (Lipinski definition) is 4. The molecule has 1 N–H and O–H groups in total. The highest BCUT2D eigenvalue weighted by atomic mass is 16.5. The van der Waals surface area contributed by atoms with Crippen LogP contribution in [0.3, 0.4) is 0 Å². The Kier molecular flexibility index (Phi) is 7.16. The summed E-state index contributed by atoms with van der Waals surface area (Å²) in [6.07, 6.45) is 0. The average molecular weight is 458 g/mol. The largest absolute Gasteiger partial charge is 0.484 e. The van der Waals surface area contributed by atoms with E-state index in [4.69, 9.17) is 4.74 Å². The molecule has 0 unspecified atom stereocenters. The predicted octanol–water partition coefficient (Wildman–Crippen LogP) is 4.59. The Bertz CT molecular complexity index is 1130. The van der Waals surface area contributed by atoms with Crippen molar-refractivity contribution in [3.8, 4) is 5.75 Å². The number of hydrogen-bond donors (Lipinski definition) is 1. The van der Waals surface area contributed by atoms with Crippen LogP contribution in [-0.4, -0.2) is 49.5 Å². The minimum absolute atomic E-state index is 0.0401. The smallest absolute Gasteiger partial charge is 0.262 e. The number of piperazine rings is 1. The van der Waals surface area contributed by atoms with Crippen LogP contribution in [0.5, 0.6) is 5.75 Å². The van der Waals surface area contributed by atoms with Gasteiger partial charge in [0, 0.05) is 43.1 Å². The fourth-order valence-electron chi connectivity index (χ4n) is 4.16. The SMILES string of the molecule is Cc1ccc(C(=O)N2CCN(c3ccc(NC(=O)COc4cc(C)cc(C)c4)cc3)CC2)cc1. The topological polar surface area (TPSA) is 61.9 Å². The van der Waals surface area contributed by atoms with Gasteiger partial charge in [-0.2, -0.15) is 0 Å². The zero-order valence-electron chi connectivity index (χ0n) is 20.0. The molecule has 0 atom stereocenters. The lowest BCUT2D eigenvalue weighted by molar-refractivity contribution is -0.118. The summed E-state index contributed by atoms with van der Waals surface area (Å²) in [6, 6.07) is 21.4. The summed E-state index contributed by atoms with van der Waals surface area (Å²) in [5.74, 6) is 0.582. The van der Waals surface area contributed by atoms with Gasteiger partial charge in [0.25, 0.3) is 11.8 Å². The van der Waals surface area contributed by atoms with Gasteiger partial charge in [-0.15, -0.1) is 0 Å². The maximum absolute atomic E-state index is 12.7. The van der Waals surface area contributed by atoms with Crippen molar-refractivity contribution in [2.45, 2.75) is 20.8 Å². The molecule has 0 aliphatic carbocycles. The fourth-order valence-corrected chi connectivity index (χ4v) is 4.16. The van der Waals surface area contributed by atoms with Crippen molar-refractivity contribution in [3.05, 3.63) is 89.0 Å². The van der Waals surface area contributed by atoms with E-state index in [0.29, 0.717) is 18.8 Å². The van der Waals surface area contributed by atoms with Crippen molar-refractivity contribution in [1.82, 2.24) is 4.90 Å². The molecule has 1 fully saturated rings. The maximum atomic E-state index is 12.7. The number of benzene rings is 3. The van der Waals surface area contributed by atoms with Crippen molar-refractivity contribution < 1.29 is 14.3 Å². The van der Waals surface area contributed by atoms with Gasteiger partial charge in [0.05, 0.1) is 0 Å². The van der Waals surface area contributed by atoms with Crippen LogP contribution >= 0.6 is 0 Å². The third-order valence-corrected chi connectivity index (χ3v) is 5.95. The number of anilines is 2. The Morgan fingerprint density at radius 1 is 0.794 bits per heavy atom. The summed E-state index contributed by atoms with van der Waals surface area (Å²) >= 11 is 0. The Morgan fingerprint density at radius 2 is 1.41 bits per heavy atom. The third-order valence-electron chi connectivity index (χ3n) is 5.95. The van der Waals surface area contributed by atoms with Crippen LogP contribution in [0.1, 0.15) is 27.0 Å². The molecule has 6 heteroatoms. The minimum atomic E-state index is -0.199. The van der Waals surface area contributed by atoms with Crippen molar-refractivity contribution in [1.29, 1.82) is 0 Å². The van der Waals surface area contributed by atoms with Gasteiger partial charge in [-0.25, -0.2) is 0 Å². The second-order valence-electron chi connectivity index (χ2n) is 8.85. The van der Waals surface area contributed by atoms with Crippen LogP contribution < -0.4 is 15.0 Å². The number of amides is 2. The molecule has 1 saturated heterocycles. The van der Waals surface area contributed by atoms with Crippen molar-refractivity contribution in [2.24, 2.45) is 0 Å². The molecule has 3 aromatic rings. The first-order valence-corrected chi connectivity index (χ1v) is 11.6. The number of carbonyl (C=O) groups excluding carboxylic acids is 2. The first-order chi connectivity index (χ1) is 16.4. The van der Waals surface area contributed by atoms with Gasteiger partial charge < -0.3 is 19.9 Å². The lowest BCUT2D eigenvalue weighted by atomic mass is 10.1. The molecular formula is C28H31N3O3. The van der Waals surface area contributed by atoms with Gasteiger partial charge in [0.1, 0.15) is 5.75 Å². The van der Waals surface area contributed by atoms with E-state index in [2.05, 4.69) is 16.3 Å². The molecule has 1 aliphatic rings. The monoisotopic (exact) mass is 457 g/mol. The minimum Gasteiger partial charge on any atom is -0.484 e. The van der Waals surface area contributed by atoms with E-state index in [1.54, 1.807) is 0 Å². The molecule has 0 spiro atoms. The van der Waals surface area contributed by atoms with Crippen molar-refractivity contribution >= 4 is 23.2 Å². The zero-order chi connectivity index (χ0) is 24.1. The predicted molar refractivity (Wildman–Crippen MR) is 136 cm³/mol. The van der Waals surface area contributed by atoms with E-state index in [1.165, 1.54) is 0 Å². The summed E-state index contributed by atoms with van der Waals surface area (Å²) < 4.78 is 5.64. The lowest BCUT2D eigenvalue weighted by Crippen LogP contribution is -2.48. The first kappa shape index (κ1) is 23.4. The van der Waals surface area contributed by atoms with Crippen LogP contribution in [0.2, 0.25) is 0 Å². The van der Waals surface area contributed by atoms with Crippen LogP contribution in [-0.2, 0) is 4.79 Å². The quantitative estimate of drug-likeness (QED) is 0.588. The molecule has 6 nitrogen and oxygen atoms in total. The summed E-state index contributed by atoms with van der Waals surface area (Å²) in [7, 11) is 0. The van der Waals surface area contributed by atoms with E-state index < -0.39 is 0 Å². The van der Waals surface area contributed by atoms with Crippen molar-refractivity contribution in [3.63, 3.8) is 0 Å². The van der Waals surface area contributed by atoms with Gasteiger partial charge >= 0.3 is 0 Å². The van der Waals surface area contributed by atoms with Gasteiger partial charge in [-0.1, -0.05) is 23.8 Å². The molecule has 2 amide bonds. The Hall–Kier alpha value is -3.80. The highest BCUT2D eigenvalue weighted by Gasteiger charge is 2.22. The van der Waals surface area contributed by atoms with Gasteiger partial charge in [0.2, 0.25) is 0 Å². The van der Waals surface area contributed by atoms with E-state index in [-0.39, 0.29) is 18.4 Å². The fraction of sp³-hybridized carbons (Fsp3) is 0.286. The van der Waals surface area contributed by atoms with Crippen LogP contribution in [0.25, 0.3) is 0 Å². The summed E-state index contributed by atoms with van der Waals surface area (Å²) in [4.78, 5) is 29.2. The third kappa shape index (κ3) is 5.95. The molecular weight excluding hydrogens is 426 g/mol. The first-order valence-electron chi connectivity index (χ1n) is 11.6. The molecule has 1 aliphatic heterocycles. The number of nitrogens with zero attached hydrogens (tertiary/aromatic N) is 2. The van der Waals surface area contributed by atoms with Gasteiger partial charge in [0.15, 0.2) is 6.61 Å². The summed E-state index contributed by atoms with van der Waals surface area (Å²) in [5, 5.41) is 2.88. The molecule has 34 heavy (non-hydrogen) atoms. The summed E-state index contributed by atoms with van der Waals surface area (Å²) in [6.45, 7) is 8.89. The second kappa shape index (κ2) is 10.4. The zero-order valence-corrected chi connectivity index (χ0v) is 20.0. The normalized spacial score (nSPS) is 13.5. The van der Waals surface area contributed by atoms with Crippen LogP contribution in [0.15, 0.2) is 66.7 Å². The molecule has 1 heterocycles. The van der Waals surface area contributed by atoms with Crippen molar-refractivity contribution in [2.75, 3.05) is 43.0 Å². The van der Waals surface area contributed by atoms with Gasteiger partial charge in [-0.05, 0) is 80.4 Å². The van der Waals surface area contributed by atoms with E-state index in [1.807, 2.05) is 86.3 Å². The van der Waals surface area contributed by atoms with E-state index in [9.17, 15) is 9.59 Å². The maximum Gasteiger partial charge on any atom is 0.262 e. The Balaban J connectivity index is 1.26. The number of ether oxygens (including phenoxy) is 1. The Labute approximate surface area is 201 Å². The molecule has 4 rings (SSSR count). The Morgan fingerprint density at radius 3 is 2.03 bits per heavy atom. The molecule has 176 valence electrons. The molecule has 0 aromatic heterocycles. The molecule has 0 saturated carbocycles. The second-order valence-corrected chi connectivity index (χ2v) is 8.85. The van der Waals surface area contributed by atoms with Gasteiger partial charge in [-0.3, -0.25) is 9.59 Å². The van der Waals surface area contributed by atoms with E-state index >= 15 is 0 Å². The molecule has 3 aromatic carbocycles. The van der Waals surface area contributed by atoms with Crippen LogP contribution in [0.4, 0.5) is 11.4 Å². The number of rotatable bonds is 6. The number of nitrogens with one attached hydrogen (secondary N) is 1. The molecule has 0 radical (unpaired) electrons. The molecule has 0 bridgehead atoms. The summed E-state index contributed by atoms with van der Waals surface area (Å²) in [5.41, 5.74) is 5.89.